The van der Waals surface area contributed by atoms with Crippen LogP contribution in [-0.2, 0) is 14.4 Å². The van der Waals surface area contributed by atoms with Gasteiger partial charge in [-0.2, -0.15) is 0 Å². The third-order valence-electron chi connectivity index (χ3n) is 6.93. The normalized spacial score (nSPS) is 22.3. The second-order valence-corrected chi connectivity index (χ2v) is 11.6. The van der Waals surface area contributed by atoms with Gasteiger partial charge in [-0.15, -0.1) is 20.4 Å². The van der Waals surface area contributed by atoms with Gasteiger partial charge in [-0.3, -0.25) is 25.0 Å². The summed E-state index contributed by atoms with van der Waals surface area (Å²) in [5, 5.41) is 25.5. The number of nitrogens with one attached hydrogen (secondary N) is 2. The number of allylic oxidation sites excluding steroid dienone is 1. The lowest BCUT2D eigenvalue weighted by atomic mass is 9.82. The second-order valence-electron chi connectivity index (χ2n) is 9.56. The number of hydrogen-bond acceptors (Lipinski definition) is 10. The third kappa shape index (κ3) is 5.89. The van der Waals surface area contributed by atoms with Gasteiger partial charge >= 0.3 is 0 Å². The average Bonchev–Trinajstić information content (AvgIpc) is 3.66. The summed E-state index contributed by atoms with van der Waals surface area (Å²) < 4.78 is 0. The van der Waals surface area contributed by atoms with Crippen LogP contribution >= 0.6 is 22.7 Å². The van der Waals surface area contributed by atoms with E-state index in [1.54, 1.807) is 4.90 Å². The fourth-order valence-corrected chi connectivity index (χ4v) is 6.87. The molecule has 3 amide bonds. The third-order valence-corrected chi connectivity index (χ3v) is 8.93. The molecule has 1 aliphatic carbocycles. The standard InChI is InChI=1S/C23H30N8O3S2/c1-14-5-3-9-30(14)12-17(32)24-22-28-26-20(35-22)15-6-2-7-16(11-15)21-27-29-23(36-21)25-18(33)13-31-10-4-8-19(31)34/h15-16H,1-13H2,(H,24,28,32)(H,25,29,33)/t15-,16-/m1/s1. The molecule has 3 fully saturated rings. The van der Waals surface area contributed by atoms with E-state index in [1.165, 1.54) is 22.7 Å². The molecule has 0 unspecified atom stereocenters. The fourth-order valence-electron chi connectivity index (χ4n) is 5.06. The molecule has 0 spiro atoms. The molecule has 2 saturated heterocycles. The van der Waals surface area contributed by atoms with E-state index in [2.05, 4.69) is 37.6 Å². The van der Waals surface area contributed by atoms with Crippen LogP contribution in [0.25, 0.3) is 0 Å². The maximum absolute atomic E-state index is 12.4. The molecule has 2 aromatic heterocycles. The number of carbonyl (C=O) groups excluding carboxylic acids is 3. The molecule has 1 saturated carbocycles. The van der Waals surface area contributed by atoms with Crippen molar-refractivity contribution < 1.29 is 14.4 Å². The molecule has 2 N–H and O–H groups in total. The first-order valence-corrected chi connectivity index (χ1v) is 14.0. The van der Waals surface area contributed by atoms with E-state index < -0.39 is 0 Å². The highest BCUT2D eigenvalue weighted by Crippen LogP contribution is 2.43. The monoisotopic (exact) mass is 530 g/mol. The molecule has 11 nitrogen and oxygen atoms in total. The highest BCUT2D eigenvalue weighted by molar-refractivity contribution is 7.15. The summed E-state index contributed by atoms with van der Waals surface area (Å²) in [6.07, 6.45) is 7.22. The van der Waals surface area contributed by atoms with Gasteiger partial charge in [0.15, 0.2) is 0 Å². The lowest BCUT2D eigenvalue weighted by molar-refractivity contribution is -0.131. The molecule has 36 heavy (non-hydrogen) atoms. The van der Waals surface area contributed by atoms with Crippen LogP contribution in [-0.4, -0.2) is 74.1 Å². The van der Waals surface area contributed by atoms with Crippen molar-refractivity contribution in [3.63, 3.8) is 0 Å². The first-order valence-electron chi connectivity index (χ1n) is 12.4. The van der Waals surface area contributed by atoms with E-state index in [0.29, 0.717) is 29.8 Å². The van der Waals surface area contributed by atoms with Crippen molar-refractivity contribution in [1.82, 2.24) is 30.2 Å². The molecule has 4 heterocycles. The molecule has 13 heteroatoms. The van der Waals surface area contributed by atoms with Crippen LogP contribution < -0.4 is 10.6 Å². The Morgan fingerprint density at radius 2 is 1.39 bits per heavy atom. The quantitative estimate of drug-likeness (QED) is 0.532. The molecule has 0 radical (unpaired) electrons. The number of nitrogens with zero attached hydrogens (tertiary/aromatic N) is 6. The van der Waals surface area contributed by atoms with Crippen molar-refractivity contribution in [1.29, 1.82) is 0 Å². The minimum Gasteiger partial charge on any atom is -0.366 e. The first-order chi connectivity index (χ1) is 17.4. The first kappa shape index (κ1) is 24.8. The van der Waals surface area contributed by atoms with E-state index >= 15 is 0 Å². The lowest BCUT2D eigenvalue weighted by Crippen LogP contribution is -2.33. The van der Waals surface area contributed by atoms with Crippen molar-refractivity contribution in [3.05, 3.63) is 22.3 Å². The topological polar surface area (TPSA) is 133 Å². The Labute approximate surface area is 217 Å². The summed E-state index contributed by atoms with van der Waals surface area (Å²) in [6, 6.07) is 0. The molecule has 2 aromatic rings. The molecule has 5 rings (SSSR count). The average molecular weight is 531 g/mol. The zero-order chi connectivity index (χ0) is 25.1. The van der Waals surface area contributed by atoms with Gasteiger partial charge in [-0.1, -0.05) is 35.7 Å². The Hall–Kier alpha value is -2.93. The van der Waals surface area contributed by atoms with Gasteiger partial charge in [-0.25, -0.2) is 0 Å². The highest BCUT2D eigenvalue weighted by atomic mass is 32.1. The van der Waals surface area contributed by atoms with Crippen molar-refractivity contribution in [3.8, 4) is 0 Å². The molecule has 0 bridgehead atoms. The van der Waals surface area contributed by atoms with Gasteiger partial charge in [0.25, 0.3) is 0 Å². The molecule has 2 aliphatic heterocycles. The summed E-state index contributed by atoms with van der Waals surface area (Å²) >= 11 is 2.83. The number of rotatable bonds is 8. The SMILES string of the molecule is C=C1CCCN1CC(=O)Nc1nnc([C@@H]2CCC[C@@H](c3nnc(NC(=O)CN4CCCC4=O)s3)C2)s1. The zero-order valence-corrected chi connectivity index (χ0v) is 21.7. The summed E-state index contributed by atoms with van der Waals surface area (Å²) in [6.45, 7) is 5.86. The van der Waals surface area contributed by atoms with Crippen LogP contribution in [0.4, 0.5) is 10.3 Å². The molecular formula is C23H30N8O3S2. The highest BCUT2D eigenvalue weighted by Gasteiger charge is 2.30. The minimum absolute atomic E-state index is 0.0215. The van der Waals surface area contributed by atoms with Gasteiger partial charge in [-0.05, 0) is 38.5 Å². The van der Waals surface area contributed by atoms with Crippen LogP contribution in [0.15, 0.2) is 12.3 Å². The van der Waals surface area contributed by atoms with Crippen LogP contribution in [0.3, 0.4) is 0 Å². The van der Waals surface area contributed by atoms with Crippen LogP contribution in [0.5, 0.6) is 0 Å². The van der Waals surface area contributed by atoms with Gasteiger partial charge < -0.3 is 9.80 Å². The van der Waals surface area contributed by atoms with Crippen molar-refractivity contribution in [2.24, 2.45) is 0 Å². The van der Waals surface area contributed by atoms with E-state index in [0.717, 1.165) is 67.2 Å². The zero-order valence-electron chi connectivity index (χ0n) is 20.1. The fraction of sp³-hybridized carbons (Fsp3) is 0.609. The largest absolute Gasteiger partial charge is 0.366 e. The summed E-state index contributed by atoms with van der Waals surface area (Å²) in [5.41, 5.74) is 1.01. The Morgan fingerprint density at radius 1 is 0.833 bits per heavy atom. The van der Waals surface area contributed by atoms with Crippen LogP contribution in [0.2, 0.25) is 0 Å². The second kappa shape index (κ2) is 11.0. The number of anilines is 2. The Morgan fingerprint density at radius 3 is 1.92 bits per heavy atom. The van der Waals surface area contributed by atoms with Gasteiger partial charge in [0.1, 0.15) is 10.0 Å². The molecular weight excluding hydrogens is 500 g/mol. The Balaban J connectivity index is 1.13. The Kier molecular flexibility index (Phi) is 7.56. The number of amides is 3. The number of likely N-dealkylation sites (tertiary alicyclic amines) is 2. The van der Waals surface area contributed by atoms with E-state index in [-0.39, 0.29) is 36.1 Å². The van der Waals surface area contributed by atoms with Crippen molar-refractivity contribution in [2.75, 3.05) is 36.8 Å². The number of hydrogen-bond donors (Lipinski definition) is 2. The smallest absolute Gasteiger partial charge is 0.245 e. The molecule has 0 aromatic carbocycles. The summed E-state index contributed by atoms with van der Waals surface area (Å²) in [7, 11) is 0. The van der Waals surface area contributed by atoms with E-state index in [4.69, 9.17) is 0 Å². The molecule has 2 atom stereocenters. The lowest BCUT2D eigenvalue weighted by Gasteiger charge is -2.25. The molecule has 192 valence electrons. The van der Waals surface area contributed by atoms with Gasteiger partial charge in [0, 0.05) is 37.0 Å². The predicted octanol–water partition coefficient (Wildman–Crippen LogP) is 2.94. The Bertz CT molecular complexity index is 1060. The van der Waals surface area contributed by atoms with Gasteiger partial charge in [0.05, 0.1) is 13.1 Å². The maximum Gasteiger partial charge on any atom is 0.245 e. The van der Waals surface area contributed by atoms with Crippen LogP contribution in [0, 0.1) is 0 Å². The molecule has 3 aliphatic rings. The maximum atomic E-state index is 12.4. The van der Waals surface area contributed by atoms with Crippen molar-refractivity contribution in [2.45, 2.75) is 63.2 Å². The predicted molar refractivity (Wildman–Crippen MR) is 137 cm³/mol. The van der Waals surface area contributed by atoms with Crippen LogP contribution in [0.1, 0.15) is 73.2 Å². The van der Waals surface area contributed by atoms with Gasteiger partial charge in [0.2, 0.25) is 28.0 Å². The number of aromatic nitrogens is 4. The summed E-state index contributed by atoms with van der Waals surface area (Å²) in [5.74, 6) is 0.156. The summed E-state index contributed by atoms with van der Waals surface area (Å²) in [4.78, 5) is 40.0. The van der Waals surface area contributed by atoms with E-state index in [9.17, 15) is 14.4 Å². The number of carbonyl (C=O) groups is 3. The minimum atomic E-state index is -0.244. The van der Waals surface area contributed by atoms with E-state index in [1.807, 2.05) is 4.90 Å². The van der Waals surface area contributed by atoms with Crippen molar-refractivity contribution >= 4 is 50.7 Å².